The summed E-state index contributed by atoms with van der Waals surface area (Å²) < 4.78 is 1.67. The second kappa shape index (κ2) is 7.78. The number of carbonyl (C=O) groups is 1. The molecule has 0 spiro atoms. The summed E-state index contributed by atoms with van der Waals surface area (Å²) in [5.74, 6) is 1.52. The minimum absolute atomic E-state index is 0.115. The van der Waals surface area contributed by atoms with Gasteiger partial charge in [0.15, 0.2) is 5.82 Å². The van der Waals surface area contributed by atoms with Crippen molar-refractivity contribution in [3.8, 4) is 11.4 Å². The number of aromatic nitrogens is 3. The van der Waals surface area contributed by atoms with Gasteiger partial charge in [-0.25, -0.2) is 4.98 Å². The fraction of sp³-hybridized carbons (Fsp3) is 0.526. The van der Waals surface area contributed by atoms with Crippen molar-refractivity contribution in [3.05, 3.63) is 36.2 Å². The largest absolute Gasteiger partial charge is 0.336 e. The fourth-order valence-electron chi connectivity index (χ4n) is 3.03. The van der Waals surface area contributed by atoms with E-state index in [9.17, 15) is 4.79 Å². The van der Waals surface area contributed by atoms with Crippen molar-refractivity contribution < 1.29 is 4.79 Å². The highest BCUT2D eigenvalue weighted by molar-refractivity contribution is 5.94. The van der Waals surface area contributed by atoms with Crippen molar-refractivity contribution in [3.63, 3.8) is 0 Å². The summed E-state index contributed by atoms with van der Waals surface area (Å²) >= 11 is 0. The van der Waals surface area contributed by atoms with Crippen LogP contribution in [0.25, 0.3) is 11.4 Å². The molecule has 1 amide bonds. The number of hydrogen-bond acceptors (Lipinski definition) is 4. The Kier molecular flexibility index (Phi) is 5.48. The van der Waals surface area contributed by atoms with Crippen LogP contribution in [0, 0.1) is 5.92 Å². The van der Waals surface area contributed by atoms with E-state index in [1.807, 2.05) is 36.2 Å². The van der Waals surface area contributed by atoms with Gasteiger partial charge in [0.25, 0.3) is 5.91 Å². The Bertz CT molecular complexity index is 699. The Hall–Kier alpha value is -2.21. The van der Waals surface area contributed by atoms with Crippen LogP contribution >= 0.6 is 0 Å². The number of piperazine rings is 1. The number of aryl methyl sites for hydroxylation is 1. The van der Waals surface area contributed by atoms with E-state index >= 15 is 0 Å². The van der Waals surface area contributed by atoms with Gasteiger partial charge in [-0.1, -0.05) is 26.0 Å². The smallest absolute Gasteiger partial charge is 0.253 e. The van der Waals surface area contributed by atoms with Crippen LogP contribution in [0.4, 0.5) is 0 Å². The van der Waals surface area contributed by atoms with Crippen LogP contribution < -0.4 is 0 Å². The van der Waals surface area contributed by atoms with Crippen molar-refractivity contribution in [2.75, 3.05) is 32.7 Å². The van der Waals surface area contributed by atoms with E-state index in [0.29, 0.717) is 5.82 Å². The molecular weight excluding hydrogens is 314 g/mol. The highest BCUT2D eigenvalue weighted by atomic mass is 16.2. The van der Waals surface area contributed by atoms with Crippen molar-refractivity contribution in [1.82, 2.24) is 24.6 Å². The van der Waals surface area contributed by atoms with Gasteiger partial charge in [-0.3, -0.25) is 14.4 Å². The highest BCUT2D eigenvalue weighted by Gasteiger charge is 2.22. The molecule has 1 saturated heterocycles. The summed E-state index contributed by atoms with van der Waals surface area (Å²) in [5, 5.41) is 4.29. The standard InChI is InChI=1S/C19H27N5O/c1-15(2)8-9-23-10-12-24(13-11-23)19(25)17-6-4-16(5-7-17)18-20-14-22(3)21-18/h4-7,14-15H,8-13H2,1-3H3. The average molecular weight is 341 g/mol. The summed E-state index contributed by atoms with van der Waals surface area (Å²) in [6.07, 6.45) is 2.89. The van der Waals surface area contributed by atoms with E-state index < -0.39 is 0 Å². The van der Waals surface area contributed by atoms with Gasteiger partial charge in [0, 0.05) is 44.4 Å². The molecule has 25 heavy (non-hydrogen) atoms. The van der Waals surface area contributed by atoms with Gasteiger partial charge in [0.2, 0.25) is 0 Å². The van der Waals surface area contributed by atoms with Crippen molar-refractivity contribution in [2.24, 2.45) is 13.0 Å². The van der Waals surface area contributed by atoms with E-state index in [2.05, 4.69) is 28.8 Å². The minimum Gasteiger partial charge on any atom is -0.336 e. The van der Waals surface area contributed by atoms with Gasteiger partial charge in [0.05, 0.1) is 0 Å². The third-order valence-corrected chi connectivity index (χ3v) is 4.67. The van der Waals surface area contributed by atoms with Crippen LogP contribution in [0.3, 0.4) is 0 Å². The first-order chi connectivity index (χ1) is 12.0. The predicted molar refractivity (Wildman–Crippen MR) is 98.2 cm³/mol. The molecular formula is C19H27N5O. The van der Waals surface area contributed by atoms with E-state index in [-0.39, 0.29) is 5.91 Å². The SMILES string of the molecule is CC(C)CCN1CCN(C(=O)c2ccc(-c3ncn(C)n3)cc2)CC1. The van der Waals surface area contributed by atoms with Crippen molar-refractivity contribution >= 4 is 5.91 Å². The lowest BCUT2D eigenvalue weighted by atomic mass is 10.1. The maximum Gasteiger partial charge on any atom is 0.253 e. The molecule has 0 unspecified atom stereocenters. The monoisotopic (exact) mass is 341 g/mol. The lowest BCUT2D eigenvalue weighted by Gasteiger charge is -2.35. The van der Waals surface area contributed by atoms with E-state index in [1.54, 1.807) is 11.0 Å². The van der Waals surface area contributed by atoms with E-state index in [1.165, 1.54) is 6.42 Å². The Labute approximate surface area is 149 Å². The molecule has 134 valence electrons. The summed E-state index contributed by atoms with van der Waals surface area (Å²) in [6.45, 7) is 9.18. The molecule has 0 radical (unpaired) electrons. The molecule has 1 aromatic carbocycles. The zero-order chi connectivity index (χ0) is 17.8. The maximum atomic E-state index is 12.7. The minimum atomic E-state index is 0.115. The van der Waals surface area contributed by atoms with Crippen molar-refractivity contribution in [2.45, 2.75) is 20.3 Å². The molecule has 1 fully saturated rings. The summed E-state index contributed by atoms with van der Waals surface area (Å²) in [5.41, 5.74) is 1.66. The van der Waals surface area contributed by atoms with Crippen LogP contribution in [-0.4, -0.2) is 63.2 Å². The van der Waals surface area contributed by atoms with Gasteiger partial charge in [-0.15, -0.1) is 0 Å². The molecule has 0 bridgehead atoms. The second-order valence-corrected chi connectivity index (χ2v) is 7.14. The fourth-order valence-corrected chi connectivity index (χ4v) is 3.03. The molecule has 1 aliphatic heterocycles. The number of benzene rings is 1. The lowest BCUT2D eigenvalue weighted by Crippen LogP contribution is -2.48. The Balaban J connectivity index is 1.57. The van der Waals surface area contributed by atoms with Crippen LogP contribution in [-0.2, 0) is 7.05 Å². The molecule has 2 heterocycles. The average Bonchev–Trinajstić information content (AvgIpc) is 3.06. The Morgan fingerprint density at radius 2 is 1.80 bits per heavy atom. The highest BCUT2D eigenvalue weighted by Crippen LogP contribution is 2.17. The normalized spacial score (nSPS) is 15.8. The van der Waals surface area contributed by atoms with Crippen LogP contribution in [0.5, 0.6) is 0 Å². The molecule has 0 saturated carbocycles. The quantitative estimate of drug-likeness (QED) is 0.837. The van der Waals surface area contributed by atoms with Crippen LogP contribution in [0.1, 0.15) is 30.6 Å². The molecule has 0 aliphatic carbocycles. The number of rotatable bonds is 5. The maximum absolute atomic E-state index is 12.7. The van der Waals surface area contributed by atoms with Gasteiger partial charge in [0.1, 0.15) is 6.33 Å². The first-order valence-corrected chi connectivity index (χ1v) is 9.00. The van der Waals surface area contributed by atoms with E-state index in [4.69, 9.17) is 0 Å². The molecule has 6 heteroatoms. The Morgan fingerprint density at radius 1 is 1.12 bits per heavy atom. The Morgan fingerprint density at radius 3 is 2.36 bits per heavy atom. The molecule has 1 aromatic heterocycles. The van der Waals surface area contributed by atoms with Crippen LogP contribution in [0.15, 0.2) is 30.6 Å². The summed E-state index contributed by atoms with van der Waals surface area (Å²) in [6, 6.07) is 7.58. The number of amides is 1. The lowest BCUT2D eigenvalue weighted by molar-refractivity contribution is 0.0632. The van der Waals surface area contributed by atoms with E-state index in [0.717, 1.165) is 49.8 Å². The molecule has 0 N–H and O–H groups in total. The third kappa shape index (κ3) is 4.45. The zero-order valence-corrected chi connectivity index (χ0v) is 15.4. The molecule has 1 aliphatic rings. The summed E-state index contributed by atoms with van der Waals surface area (Å²) in [4.78, 5) is 21.4. The second-order valence-electron chi connectivity index (χ2n) is 7.14. The number of nitrogens with zero attached hydrogens (tertiary/aromatic N) is 5. The van der Waals surface area contributed by atoms with Gasteiger partial charge < -0.3 is 4.90 Å². The molecule has 3 rings (SSSR count). The number of carbonyl (C=O) groups excluding carboxylic acids is 1. The predicted octanol–water partition coefficient (Wildman–Crippen LogP) is 2.29. The van der Waals surface area contributed by atoms with Gasteiger partial charge >= 0.3 is 0 Å². The number of hydrogen-bond donors (Lipinski definition) is 0. The topological polar surface area (TPSA) is 54.3 Å². The first-order valence-electron chi connectivity index (χ1n) is 9.00. The third-order valence-electron chi connectivity index (χ3n) is 4.67. The summed E-state index contributed by atoms with van der Waals surface area (Å²) in [7, 11) is 1.84. The molecule has 0 atom stereocenters. The first kappa shape index (κ1) is 17.6. The van der Waals surface area contributed by atoms with Crippen molar-refractivity contribution in [1.29, 1.82) is 0 Å². The van der Waals surface area contributed by atoms with Gasteiger partial charge in [-0.05, 0) is 31.0 Å². The molecule has 2 aromatic rings. The molecule has 6 nitrogen and oxygen atoms in total. The van der Waals surface area contributed by atoms with Gasteiger partial charge in [-0.2, -0.15) is 5.10 Å². The van der Waals surface area contributed by atoms with Crippen LogP contribution in [0.2, 0.25) is 0 Å². The zero-order valence-electron chi connectivity index (χ0n) is 15.4.